The Bertz CT molecular complexity index is 1520. The Kier molecular flexibility index (Phi) is 9.56. The maximum absolute atomic E-state index is 13.1. The number of carbonyl (C=O) groups excluding carboxylic acids is 1. The molecule has 1 fully saturated rings. The normalized spacial score (nSPS) is 14.2. The van der Waals surface area contributed by atoms with Crippen molar-refractivity contribution in [2.75, 3.05) is 45.7 Å². The zero-order valence-electron chi connectivity index (χ0n) is 24.9. The number of hydrogen-bond donors (Lipinski definition) is 2. The summed E-state index contributed by atoms with van der Waals surface area (Å²) >= 11 is 0. The summed E-state index contributed by atoms with van der Waals surface area (Å²) < 4.78 is 13.7. The van der Waals surface area contributed by atoms with Crippen molar-refractivity contribution >= 4 is 28.4 Å². The van der Waals surface area contributed by atoms with Crippen molar-refractivity contribution in [3.63, 3.8) is 0 Å². The maximum atomic E-state index is 13.1. The number of ether oxygens (including phenoxy) is 2. The van der Waals surface area contributed by atoms with E-state index in [1.165, 1.54) is 5.56 Å². The molecule has 3 heterocycles. The molecular weight excluding hydrogens is 526 g/mol. The minimum Gasteiger partial charge on any atom is -0.457 e. The minimum atomic E-state index is -0.195. The van der Waals surface area contributed by atoms with E-state index >= 15 is 0 Å². The fraction of sp³-hybridized carbons (Fsp3) is 0.353. The number of carbonyl (C=O) groups is 1. The van der Waals surface area contributed by atoms with Crippen molar-refractivity contribution in [3.05, 3.63) is 90.3 Å². The van der Waals surface area contributed by atoms with E-state index in [4.69, 9.17) is 9.47 Å². The van der Waals surface area contributed by atoms with Gasteiger partial charge < -0.3 is 29.6 Å². The topological polar surface area (TPSA) is 80.7 Å². The van der Waals surface area contributed by atoms with Gasteiger partial charge in [0, 0.05) is 50.2 Å². The van der Waals surface area contributed by atoms with Crippen LogP contribution in [0.2, 0.25) is 0 Å². The number of fused-ring (bicyclic) bond motifs is 1. The lowest BCUT2D eigenvalue weighted by molar-refractivity contribution is 0.102. The van der Waals surface area contributed by atoms with Crippen molar-refractivity contribution < 1.29 is 14.3 Å². The van der Waals surface area contributed by atoms with E-state index in [9.17, 15) is 4.79 Å². The summed E-state index contributed by atoms with van der Waals surface area (Å²) in [5.74, 6) is 2.95. The van der Waals surface area contributed by atoms with Gasteiger partial charge in [0.25, 0.3) is 5.91 Å². The summed E-state index contributed by atoms with van der Waals surface area (Å²) in [5, 5.41) is 7.09. The largest absolute Gasteiger partial charge is 0.457 e. The molecule has 1 saturated heterocycles. The van der Waals surface area contributed by atoms with E-state index in [1.54, 1.807) is 25.4 Å². The molecule has 0 spiro atoms. The predicted octanol–water partition coefficient (Wildman–Crippen LogP) is 6.51. The number of amides is 1. The lowest BCUT2D eigenvalue weighted by atomic mass is 9.89. The van der Waals surface area contributed by atoms with Crippen LogP contribution in [0.5, 0.6) is 11.5 Å². The summed E-state index contributed by atoms with van der Waals surface area (Å²) in [4.78, 5) is 19.9. The quantitative estimate of drug-likeness (QED) is 0.190. The molecule has 2 aromatic heterocycles. The van der Waals surface area contributed by atoms with Crippen molar-refractivity contribution in [2.45, 2.75) is 38.5 Å². The highest BCUT2D eigenvalue weighted by Gasteiger charge is 2.20. The highest BCUT2D eigenvalue weighted by atomic mass is 16.5. The highest BCUT2D eigenvalue weighted by molar-refractivity contribution is 6.03. The third-order valence-electron chi connectivity index (χ3n) is 8.13. The monoisotopic (exact) mass is 567 g/mol. The molecule has 2 N–H and O–H groups in total. The van der Waals surface area contributed by atoms with E-state index in [-0.39, 0.29) is 5.91 Å². The molecule has 1 aliphatic rings. The van der Waals surface area contributed by atoms with Gasteiger partial charge in [-0.05, 0) is 98.8 Å². The van der Waals surface area contributed by atoms with Crippen LogP contribution < -0.4 is 15.4 Å². The summed E-state index contributed by atoms with van der Waals surface area (Å²) in [6.07, 6.45) is 7.61. The Morgan fingerprint density at radius 2 is 1.88 bits per heavy atom. The molecule has 2 aromatic carbocycles. The minimum absolute atomic E-state index is 0.195. The summed E-state index contributed by atoms with van der Waals surface area (Å²) in [6, 6.07) is 17.8. The molecule has 8 nitrogen and oxygen atoms in total. The molecule has 220 valence electrons. The van der Waals surface area contributed by atoms with E-state index in [0.29, 0.717) is 29.7 Å². The first kappa shape index (κ1) is 29.4. The molecule has 8 heteroatoms. The molecule has 1 amide bonds. The van der Waals surface area contributed by atoms with Gasteiger partial charge in [-0.25, -0.2) is 4.98 Å². The van der Waals surface area contributed by atoms with Crippen LogP contribution in [0.1, 0.15) is 53.6 Å². The number of piperidine rings is 1. The van der Waals surface area contributed by atoms with Gasteiger partial charge in [0.05, 0.1) is 5.52 Å². The van der Waals surface area contributed by atoms with Gasteiger partial charge in [-0.1, -0.05) is 25.6 Å². The molecule has 0 bridgehead atoms. The van der Waals surface area contributed by atoms with Gasteiger partial charge in [0.1, 0.15) is 23.1 Å². The molecule has 0 radical (unpaired) electrons. The number of nitrogens with zero attached hydrogens (tertiary/aromatic N) is 3. The van der Waals surface area contributed by atoms with Crippen LogP contribution in [-0.4, -0.2) is 60.8 Å². The number of likely N-dealkylation sites (tertiary alicyclic amines) is 1. The number of pyridine rings is 1. The molecule has 0 saturated carbocycles. The second-order valence-corrected chi connectivity index (χ2v) is 10.8. The van der Waals surface area contributed by atoms with Crippen LogP contribution in [-0.2, 0) is 11.2 Å². The fourth-order valence-electron chi connectivity index (χ4n) is 5.61. The number of benzene rings is 2. The van der Waals surface area contributed by atoms with Crippen LogP contribution >= 0.6 is 0 Å². The van der Waals surface area contributed by atoms with Gasteiger partial charge in [-0.3, -0.25) is 4.79 Å². The predicted molar refractivity (Wildman–Crippen MR) is 169 cm³/mol. The van der Waals surface area contributed by atoms with E-state index < -0.39 is 0 Å². The second kappa shape index (κ2) is 13.7. The summed E-state index contributed by atoms with van der Waals surface area (Å²) in [7, 11) is 3.57. The van der Waals surface area contributed by atoms with Crippen LogP contribution in [0.15, 0.2) is 73.6 Å². The van der Waals surface area contributed by atoms with Crippen molar-refractivity contribution in [1.29, 1.82) is 0 Å². The third-order valence-corrected chi connectivity index (χ3v) is 8.13. The Labute approximate surface area is 248 Å². The molecule has 5 rings (SSSR count). The first-order valence-electron chi connectivity index (χ1n) is 14.8. The number of hydrogen-bond acceptors (Lipinski definition) is 6. The molecule has 1 aliphatic heterocycles. The van der Waals surface area contributed by atoms with Gasteiger partial charge >= 0.3 is 0 Å². The van der Waals surface area contributed by atoms with E-state index in [1.807, 2.05) is 42.1 Å². The lowest BCUT2D eigenvalue weighted by Gasteiger charge is -2.31. The van der Waals surface area contributed by atoms with Crippen LogP contribution in [0, 0.1) is 0 Å². The average Bonchev–Trinajstić information content (AvgIpc) is 3.43. The highest BCUT2D eigenvalue weighted by Crippen LogP contribution is 2.33. The van der Waals surface area contributed by atoms with Crippen LogP contribution in [0.3, 0.4) is 0 Å². The molecular formula is C34H41N5O3. The maximum Gasteiger partial charge on any atom is 0.256 e. The SMILES string of the molecule is C=C(NC)n1ccc2cc(Oc3ccnc(NC(=O)c4ccc(C5CCN(CC)CC5)cc4)c3)c(CCCOC)cc21. The molecule has 0 unspecified atom stereocenters. The van der Waals surface area contributed by atoms with Crippen molar-refractivity contribution in [3.8, 4) is 11.5 Å². The molecule has 0 aliphatic carbocycles. The standard InChI is InChI=1S/C34H41N5O3/c1-5-38-17-13-26(14-18-38)25-8-10-27(11-9-25)34(40)37-33-23-30(12-16-36-33)42-32-22-28-15-19-39(24(2)35-3)31(28)21-29(32)7-6-20-41-4/h8-12,15-16,19,21-23,26,35H,2,5-7,13-14,17-18,20H2,1,3-4H3,(H,36,37,40). The number of aryl methyl sites for hydroxylation is 1. The van der Waals surface area contributed by atoms with Gasteiger partial charge in [0.15, 0.2) is 0 Å². The third kappa shape index (κ3) is 6.83. The lowest BCUT2D eigenvalue weighted by Crippen LogP contribution is -2.32. The zero-order chi connectivity index (χ0) is 29.5. The summed E-state index contributed by atoms with van der Waals surface area (Å²) in [5.41, 5.74) is 4.02. The fourth-order valence-corrected chi connectivity index (χ4v) is 5.61. The molecule has 4 aromatic rings. The number of anilines is 1. The number of methoxy groups -OCH3 is 1. The summed E-state index contributed by atoms with van der Waals surface area (Å²) in [6.45, 7) is 10.4. The van der Waals surface area contributed by atoms with Crippen LogP contribution in [0.4, 0.5) is 5.82 Å². The smallest absolute Gasteiger partial charge is 0.256 e. The van der Waals surface area contributed by atoms with Crippen molar-refractivity contribution in [1.82, 2.24) is 19.8 Å². The Morgan fingerprint density at radius 3 is 2.60 bits per heavy atom. The molecule has 0 atom stereocenters. The Morgan fingerprint density at radius 1 is 1.10 bits per heavy atom. The van der Waals surface area contributed by atoms with Crippen LogP contribution in [0.25, 0.3) is 16.7 Å². The van der Waals surface area contributed by atoms with Crippen molar-refractivity contribution in [2.24, 2.45) is 0 Å². The number of nitrogens with one attached hydrogen (secondary N) is 2. The Balaban J connectivity index is 1.29. The number of rotatable bonds is 12. The van der Waals surface area contributed by atoms with Gasteiger partial charge in [0.2, 0.25) is 0 Å². The second-order valence-electron chi connectivity index (χ2n) is 10.8. The molecule has 42 heavy (non-hydrogen) atoms. The van der Waals surface area contributed by atoms with Gasteiger partial charge in [-0.2, -0.15) is 0 Å². The average molecular weight is 568 g/mol. The first-order valence-corrected chi connectivity index (χ1v) is 14.8. The zero-order valence-corrected chi connectivity index (χ0v) is 24.9. The number of aromatic nitrogens is 2. The first-order chi connectivity index (χ1) is 20.5. The van der Waals surface area contributed by atoms with E-state index in [2.05, 4.69) is 52.2 Å². The van der Waals surface area contributed by atoms with E-state index in [0.717, 1.165) is 73.4 Å². The van der Waals surface area contributed by atoms with Gasteiger partial charge in [-0.15, -0.1) is 0 Å². The Hall–Kier alpha value is -4.14.